The van der Waals surface area contributed by atoms with E-state index >= 15 is 0 Å². The SMILES string of the molecule is CCOC(=O)C1=C(Nc2ccccc2)O/C(=C\c2ccc3cc(OC)ccc3c2)C1=O. The highest BCUT2D eigenvalue weighted by molar-refractivity contribution is 6.26. The molecule has 0 aliphatic carbocycles. The van der Waals surface area contributed by atoms with Gasteiger partial charge in [0.25, 0.3) is 0 Å². The quantitative estimate of drug-likeness (QED) is 0.358. The Kier molecular flexibility index (Phi) is 5.71. The largest absolute Gasteiger partial charge is 0.497 e. The molecule has 0 spiro atoms. The molecule has 0 aromatic heterocycles. The molecule has 1 heterocycles. The second-order valence-corrected chi connectivity index (χ2v) is 6.83. The summed E-state index contributed by atoms with van der Waals surface area (Å²) in [5.41, 5.74) is 1.31. The van der Waals surface area contributed by atoms with Gasteiger partial charge in [-0.25, -0.2) is 4.79 Å². The van der Waals surface area contributed by atoms with Gasteiger partial charge in [-0.05, 0) is 59.7 Å². The zero-order valence-electron chi connectivity index (χ0n) is 17.2. The monoisotopic (exact) mass is 415 g/mol. The lowest BCUT2D eigenvalue weighted by atomic mass is 10.0. The number of fused-ring (bicyclic) bond motifs is 1. The number of ketones is 1. The molecule has 3 aromatic rings. The van der Waals surface area contributed by atoms with E-state index in [0.29, 0.717) is 5.69 Å². The van der Waals surface area contributed by atoms with E-state index in [0.717, 1.165) is 22.1 Å². The van der Waals surface area contributed by atoms with Crippen LogP contribution in [0.4, 0.5) is 5.69 Å². The van der Waals surface area contributed by atoms with Gasteiger partial charge < -0.3 is 19.5 Å². The van der Waals surface area contributed by atoms with Gasteiger partial charge in [0.05, 0.1) is 13.7 Å². The van der Waals surface area contributed by atoms with Crippen LogP contribution in [-0.2, 0) is 19.1 Å². The standard InChI is InChI=1S/C25H21NO5/c1-3-30-25(28)22-23(27)21(31-24(22)26-19-7-5-4-6-8-19)14-16-9-10-18-15-20(29-2)12-11-17(18)13-16/h4-15,26H,3H2,1-2H3/b21-14-. The van der Waals surface area contributed by atoms with Crippen molar-refractivity contribution in [2.24, 2.45) is 0 Å². The number of methoxy groups -OCH3 is 1. The van der Waals surface area contributed by atoms with Gasteiger partial charge in [0, 0.05) is 5.69 Å². The number of rotatable bonds is 6. The minimum atomic E-state index is -0.722. The first-order chi connectivity index (χ1) is 15.1. The van der Waals surface area contributed by atoms with Crippen molar-refractivity contribution < 1.29 is 23.8 Å². The Morgan fingerprint density at radius 1 is 1.03 bits per heavy atom. The van der Waals surface area contributed by atoms with E-state index in [4.69, 9.17) is 14.2 Å². The van der Waals surface area contributed by atoms with E-state index in [1.54, 1.807) is 20.1 Å². The highest BCUT2D eigenvalue weighted by Crippen LogP contribution is 2.30. The molecule has 156 valence electrons. The summed E-state index contributed by atoms with van der Waals surface area (Å²) in [5, 5.41) is 5.00. The van der Waals surface area contributed by atoms with E-state index in [-0.39, 0.29) is 23.8 Å². The van der Waals surface area contributed by atoms with Crippen LogP contribution in [0.3, 0.4) is 0 Å². The number of para-hydroxylation sites is 1. The van der Waals surface area contributed by atoms with E-state index < -0.39 is 11.8 Å². The molecule has 0 bridgehead atoms. The van der Waals surface area contributed by atoms with E-state index in [1.807, 2.05) is 66.7 Å². The second kappa shape index (κ2) is 8.75. The van der Waals surface area contributed by atoms with Gasteiger partial charge in [-0.3, -0.25) is 4.79 Å². The summed E-state index contributed by atoms with van der Waals surface area (Å²) >= 11 is 0. The van der Waals surface area contributed by atoms with Gasteiger partial charge >= 0.3 is 5.97 Å². The summed E-state index contributed by atoms with van der Waals surface area (Å²) in [5.74, 6) is -0.361. The predicted molar refractivity (Wildman–Crippen MR) is 118 cm³/mol. The van der Waals surface area contributed by atoms with Gasteiger partial charge in [-0.2, -0.15) is 0 Å². The molecule has 0 radical (unpaired) electrons. The van der Waals surface area contributed by atoms with E-state index in [9.17, 15) is 9.59 Å². The lowest BCUT2D eigenvalue weighted by Gasteiger charge is -2.08. The minimum absolute atomic E-state index is 0.0503. The number of carbonyl (C=O) groups is 2. The number of hydrogen-bond acceptors (Lipinski definition) is 6. The lowest BCUT2D eigenvalue weighted by Crippen LogP contribution is -2.16. The number of benzene rings is 3. The van der Waals surface area contributed by atoms with Crippen molar-refractivity contribution in [3.05, 3.63) is 89.5 Å². The smallest absolute Gasteiger partial charge is 0.347 e. The van der Waals surface area contributed by atoms with E-state index in [2.05, 4.69) is 5.32 Å². The highest BCUT2D eigenvalue weighted by Gasteiger charge is 2.37. The Morgan fingerprint density at radius 3 is 2.52 bits per heavy atom. The van der Waals surface area contributed by atoms with Crippen LogP contribution < -0.4 is 10.1 Å². The number of ether oxygens (including phenoxy) is 3. The van der Waals surface area contributed by atoms with Crippen LogP contribution in [0.5, 0.6) is 5.75 Å². The zero-order chi connectivity index (χ0) is 21.8. The molecule has 4 rings (SSSR count). The highest BCUT2D eigenvalue weighted by atomic mass is 16.5. The van der Waals surface area contributed by atoms with Gasteiger partial charge in [-0.15, -0.1) is 0 Å². The first-order valence-corrected chi connectivity index (χ1v) is 9.84. The molecule has 0 atom stereocenters. The summed E-state index contributed by atoms with van der Waals surface area (Å²) in [6.07, 6.45) is 1.62. The van der Waals surface area contributed by atoms with Gasteiger partial charge in [0.15, 0.2) is 11.3 Å². The predicted octanol–water partition coefficient (Wildman–Crippen LogP) is 4.68. The van der Waals surface area contributed by atoms with Crippen LogP contribution in [0.2, 0.25) is 0 Å². The van der Waals surface area contributed by atoms with Crippen LogP contribution in [0.1, 0.15) is 12.5 Å². The Bertz CT molecular complexity index is 1210. The van der Waals surface area contributed by atoms with Gasteiger partial charge in [0.2, 0.25) is 11.7 Å². The van der Waals surface area contributed by atoms with Crippen molar-refractivity contribution >= 4 is 34.3 Å². The van der Waals surface area contributed by atoms with Crippen LogP contribution in [-0.4, -0.2) is 25.5 Å². The third-order valence-corrected chi connectivity index (χ3v) is 4.77. The third-order valence-electron chi connectivity index (χ3n) is 4.77. The molecule has 1 aliphatic rings. The summed E-state index contributed by atoms with van der Waals surface area (Å²) < 4.78 is 16.1. The summed E-state index contributed by atoms with van der Waals surface area (Å²) in [4.78, 5) is 25.4. The number of anilines is 1. The average molecular weight is 415 g/mol. The molecule has 1 N–H and O–H groups in total. The number of allylic oxidation sites excluding steroid dienone is 1. The maximum atomic E-state index is 13.0. The lowest BCUT2D eigenvalue weighted by molar-refractivity contribution is -0.139. The first-order valence-electron chi connectivity index (χ1n) is 9.84. The number of nitrogens with one attached hydrogen (secondary N) is 1. The molecule has 6 nitrogen and oxygen atoms in total. The normalized spacial score (nSPS) is 14.6. The van der Waals surface area contributed by atoms with Crippen molar-refractivity contribution in [3.63, 3.8) is 0 Å². The second-order valence-electron chi connectivity index (χ2n) is 6.83. The molecular weight excluding hydrogens is 394 g/mol. The summed E-state index contributed by atoms with van der Waals surface area (Å²) in [6.45, 7) is 1.84. The van der Waals surface area contributed by atoms with Crippen LogP contribution in [0.25, 0.3) is 16.8 Å². The fourth-order valence-corrected chi connectivity index (χ4v) is 3.27. The van der Waals surface area contributed by atoms with Crippen LogP contribution in [0, 0.1) is 0 Å². The molecule has 31 heavy (non-hydrogen) atoms. The van der Waals surface area contributed by atoms with Gasteiger partial charge in [0.1, 0.15) is 5.75 Å². The summed E-state index contributed by atoms with van der Waals surface area (Å²) in [6, 6.07) is 20.7. The average Bonchev–Trinajstić information content (AvgIpc) is 3.08. The zero-order valence-corrected chi connectivity index (χ0v) is 17.2. The topological polar surface area (TPSA) is 73.9 Å². The molecule has 0 saturated carbocycles. The molecular formula is C25H21NO5. The fraction of sp³-hybridized carbons (Fsp3) is 0.120. The summed E-state index contributed by atoms with van der Waals surface area (Å²) in [7, 11) is 1.62. The van der Waals surface area contributed by atoms with Crippen molar-refractivity contribution in [1.82, 2.24) is 0 Å². The van der Waals surface area contributed by atoms with Crippen molar-refractivity contribution in [2.45, 2.75) is 6.92 Å². The molecule has 0 saturated heterocycles. The van der Waals surface area contributed by atoms with Crippen molar-refractivity contribution in [2.75, 3.05) is 19.0 Å². The van der Waals surface area contributed by atoms with E-state index in [1.165, 1.54) is 0 Å². The number of hydrogen-bond donors (Lipinski definition) is 1. The molecule has 6 heteroatoms. The van der Waals surface area contributed by atoms with Crippen molar-refractivity contribution in [1.29, 1.82) is 0 Å². The van der Waals surface area contributed by atoms with Crippen LogP contribution >= 0.6 is 0 Å². The maximum absolute atomic E-state index is 13.0. The molecule has 1 aliphatic heterocycles. The maximum Gasteiger partial charge on any atom is 0.347 e. The van der Waals surface area contributed by atoms with Crippen molar-refractivity contribution in [3.8, 4) is 5.75 Å². The number of esters is 1. The molecule has 3 aromatic carbocycles. The number of carbonyl (C=O) groups excluding carboxylic acids is 2. The Hall–Kier alpha value is -4.06. The Morgan fingerprint density at radius 2 is 1.77 bits per heavy atom. The molecule has 0 fully saturated rings. The Labute approximate surface area is 179 Å². The fourth-order valence-electron chi connectivity index (χ4n) is 3.27. The Balaban J connectivity index is 1.66. The third kappa shape index (κ3) is 4.28. The minimum Gasteiger partial charge on any atom is -0.497 e. The molecule has 0 amide bonds. The first kappa shape index (κ1) is 20.2. The van der Waals surface area contributed by atoms with Crippen LogP contribution in [0.15, 0.2) is 83.9 Å². The molecule has 0 unspecified atom stereocenters. The van der Waals surface area contributed by atoms with Gasteiger partial charge in [-0.1, -0.05) is 36.4 Å². The number of Topliss-reactive ketones (excluding diaryl/α,β-unsaturated/α-hetero) is 1.